The number of hydrogen-bond donors (Lipinski definition) is 3. The zero-order valence-corrected chi connectivity index (χ0v) is 25.0. The van der Waals surface area contributed by atoms with Crippen molar-refractivity contribution >= 4 is 19.7 Å². The number of phosphoric ester groups is 1. The number of aliphatic hydroxyl groups excluding tert-OH is 1. The lowest BCUT2D eigenvalue weighted by molar-refractivity contribution is -0.147. The maximum atomic E-state index is 11.9. The molecule has 2 atom stereocenters. The third-order valence-corrected chi connectivity index (χ3v) is 6.54. The van der Waals surface area contributed by atoms with Gasteiger partial charge in [-0.25, -0.2) is 4.57 Å². The number of amides is 1. The number of phosphoric acid groups is 1. The lowest BCUT2D eigenvalue weighted by Crippen LogP contribution is -2.27. The number of carbonyl (C=O) groups excluding carboxylic acids is 2. The molecular weight excluding hydrogens is 521 g/mol. The molecule has 0 fully saturated rings. The Morgan fingerprint density at radius 3 is 2.10 bits per heavy atom. The summed E-state index contributed by atoms with van der Waals surface area (Å²) in [6.07, 6.45) is 25.3. The summed E-state index contributed by atoms with van der Waals surface area (Å²) in [5.74, 6) is -0.587. The van der Waals surface area contributed by atoms with Crippen molar-refractivity contribution in [2.24, 2.45) is 0 Å². The van der Waals surface area contributed by atoms with Gasteiger partial charge in [0.2, 0.25) is 5.91 Å². The van der Waals surface area contributed by atoms with Crippen molar-refractivity contribution < 1.29 is 37.9 Å². The number of esters is 1. The molecule has 9 nitrogen and oxygen atoms in total. The molecule has 2 unspecified atom stereocenters. The van der Waals surface area contributed by atoms with Crippen molar-refractivity contribution in [3.63, 3.8) is 0 Å². The summed E-state index contributed by atoms with van der Waals surface area (Å²) < 4.78 is 26.1. The van der Waals surface area contributed by atoms with Gasteiger partial charge in [0.05, 0.1) is 13.2 Å². The third-order valence-electron chi connectivity index (χ3n) is 5.55. The van der Waals surface area contributed by atoms with E-state index in [1.165, 1.54) is 25.7 Å². The second-order valence-electron chi connectivity index (χ2n) is 9.34. The first-order valence-corrected chi connectivity index (χ1v) is 16.0. The molecule has 0 saturated heterocycles. The topological polar surface area (TPSA) is 131 Å². The van der Waals surface area contributed by atoms with Crippen LogP contribution in [0.15, 0.2) is 36.5 Å². The molecule has 0 aliphatic rings. The van der Waals surface area contributed by atoms with E-state index >= 15 is 0 Å². The smallest absolute Gasteiger partial charge is 0.463 e. The maximum Gasteiger partial charge on any atom is 0.472 e. The van der Waals surface area contributed by atoms with E-state index in [2.05, 4.69) is 53.2 Å². The molecule has 10 heteroatoms. The Balaban J connectivity index is 3.59. The van der Waals surface area contributed by atoms with Gasteiger partial charge in [-0.2, -0.15) is 0 Å². The van der Waals surface area contributed by atoms with Gasteiger partial charge in [-0.1, -0.05) is 82.4 Å². The molecule has 0 spiro atoms. The summed E-state index contributed by atoms with van der Waals surface area (Å²) in [4.78, 5) is 32.8. The van der Waals surface area contributed by atoms with Crippen LogP contribution >= 0.6 is 7.82 Å². The van der Waals surface area contributed by atoms with E-state index in [0.717, 1.165) is 44.9 Å². The van der Waals surface area contributed by atoms with Crippen molar-refractivity contribution in [2.45, 2.75) is 110 Å². The molecule has 0 aromatic heterocycles. The standard InChI is InChI=1S/C29H52NO8P/c1-3-5-6-7-8-9-10-11-12-13-14-15-16-17-18-19-20-22-28(32)30-23-24-37-39(34,35)38-26-27(31)25-36-29(33)21-4-2/h5-6,8-9,11-12,27,31H,3-4,7,10,13-26H2,1-2H3,(H,30,32)(H,34,35)/b6-5-,9-8-,12-11-. The van der Waals surface area contributed by atoms with Crippen LogP contribution in [-0.4, -0.2) is 54.3 Å². The lowest BCUT2D eigenvalue weighted by Gasteiger charge is -2.15. The average Bonchev–Trinajstić information content (AvgIpc) is 2.90. The Labute approximate surface area is 235 Å². The number of rotatable bonds is 26. The van der Waals surface area contributed by atoms with Crippen molar-refractivity contribution in [3.8, 4) is 0 Å². The first-order chi connectivity index (χ1) is 18.8. The number of aliphatic hydroxyl groups is 1. The first kappa shape index (κ1) is 37.2. The van der Waals surface area contributed by atoms with Gasteiger partial charge in [-0.15, -0.1) is 0 Å². The Morgan fingerprint density at radius 1 is 0.821 bits per heavy atom. The van der Waals surface area contributed by atoms with E-state index in [1.807, 2.05) is 6.92 Å². The quantitative estimate of drug-likeness (QED) is 0.0475. The monoisotopic (exact) mass is 573 g/mol. The molecule has 226 valence electrons. The Hall–Kier alpha value is -1.77. The maximum absolute atomic E-state index is 11.9. The third kappa shape index (κ3) is 27.6. The fourth-order valence-corrected chi connectivity index (χ4v) is 4.19. The molecule has 0 aliphatic heterocycles. The van der Waals surface area contributed by atoms with E-state index in [1.54, 1.807) is 0 Å². The van der Waals surface area contributed by atoms with Gasteiger partial charge < -0.3 is 20.1 Å². The predicted molar refractivity (Wildman–Crippen MR) is 155 cm³/mol. The highest BCUT2D eigenvalue weighted by Crippen LogP contribution is 2.42. The van der Waals surface area contributed by atoms with Crippen LogP contribution in [0.25, 0.3) is 0 Å². The zero-order valence-electron chi connectivity index (χ0n) is 24.1. The molecule has 39 heavy (non-hydrogen) atoms. The fraction of sp³-hybridized carbons (Fsp3) is 0.724. The largest absolute Gasteiger partial charge is 0.472 e. The van der Waals surface area contributed by atoms with Crippen molar-refractivity contribution in [2.75, 3.05) is 26.4 Å². The Bertz CT molecular complexity index is 754. The van der Waals surface area contributed by atoms with Crippen molar-refractivity contribution in [1.29, 1.82) is 0 Å². The number of unbranched alkanes of at least 4 members (excludes halogenated alkanes) is 7. The van der Waals surface area contributed by atoms with E-state index in [4.69, 9.17) is 9.26 Å². The van der Waals surface area contributed by atoms with E-state index in [9.17, 15) is 24.2 Å². The van der Waals surface area contributed by atoms with Crippen LogP contribution < -0.4 is 5.32 Å². The molecule has 0 aliphatic carbocycles. The van der Waals surface area contributed by atoms with E-state index in [0.29, 0.717) is 12.8 Å². The number of carbonyl (C=O) groups is 2. The number of nitrogens with one attached hydrogen (secondary N) is 1. The Morgan fingerprint density at radius 2 is 1.44 bits per heavy atom. The summed E-state index contributed by atoms with van der Waals surface area (Å²) in [5, 5.41) is 12.3. The van der Waals surface area contributed by atoms with Crippen LogP contribution in [-0.2, 0) is 27.9 Å². The van der Waals surface area contributed by atoms with Gasteiger partial charge in [0.25, 0.3) is 0 Å². The molecule has 0 bridgehead atoms. The average molecular weight is 574 g/mol. The summed E-state index contributed by atoms with van der Waals surface area (Å²) >= 11 is 0. The van der Waals surface area contributed by atoms with Crippen LogP contribution in [0, 0.1) is 0 Å². The molecule has 0 saturated carbocycles. The van der Waals surface area contributed by atoms with Crippen LogP contribution in [0.5, 0.6) is 0 Å². The van der Waals surface area contributed by atoms with Crippen molar-refractivity contribution in [3.05, 3.63) is 36.5 Å². The lowest BCUT2D eigenvalue weighted by atomic mass is 10.1. The minimum Gasteiger partial charge on any atom is -0.463 e. The van der Waals surface area contributed by atoms with Gasteiger partial charge in [-0.3, -0.25) is 18.6 Å². The van der Waals surface area contributed by atoms with Gasteiger partial charge in [0, 0.05) is 19.4 Å². The molecule has 0 radical (unpaired) electrons. The van der Waals surface area contributed by atoms with Crippen molar-refractivity contribution in [1.82, 2.24) is 5.32 Å². The Kier molecular flexibility index (Phi) is 25.3. The van der Waals surface area contributed by atoms with Gasteiger partial charge >= 0.3 is 13.8 Å². The minimum absolute atomic E-state index is 0.0744. The normalized spacial score (nSPS) is 14.3. The van der Waals surface area contributed by atoms with Crippen LogP contribution in [0.2, 0.25) is 0 Å². The molecule has 0 rings (SSSR count). The highest BCUT2D eigenvalue weighted by Gasteiger charge is 2.23. The summed E-state index contributed by atoms with van der Waals surface area (Å²) in [6.45, 7) is 2.98. The second-order valence-corrected chi connectivity index (χ2v) is 10.8. The summed E-state index contributed by atoms with van der Waals surface area (Å²) in [6, 6.07) is 0. The minimum atomic E-state index is -4.38. The summed E-state index contributed by atoms with van der Waals surface area (Å²) in [5.41, 5.74) is 0. The van der Waals surface area contributed by atoms with Crippen LogP contribution in [0.1, 0.15) is 104 Å². The van der Waals surface area contributed by atoms with Gasteiger partial charge in [0.15, 0.2) is 0 Å². The number of ether oxygens (including phenoxy) is 1. The highest BCUT2D eigenvalue weighted by molar-refractivity contribution is 7.47. The summed E-state index contributed by atoms with van der Waals surface area (Å²) in [7, 11) is -4.38. The van der Waals surface area contributed by atoms with E-state index < -0.39 is 26.5 Å². The number of allylic oxidation sites excluding steroid dienone is 6. The van der Waals surface area contributed by atoms with Crippen LogP contribution in [0.3, 0.4) is 0 Å². The molecular formula is C29H52NO8P. The molecule has 0 aromatic carbocycles. The molecule has 0 aromatic rings. The zero-order chi connectivity index (χ0) is 29.0. The molecule has 0 heterocycles. The van der Waals surface area contributed by atoms with Gasteiger partial charge in [0.1, 0.15) is 12.7 Å². The van der Waals surface area contributed by atoms with E-state index in [-0.39, 0.29) is 32.1 Å². The SMILES string of the molecule is CC/C=C\C/C=C\C/C=C\CCCCCCCCCC(=O)NCCOP(=O)(O)OCC(O)COC(=O)CCC. The predicted octanol–water partition coefficient (Wildman–Crippen LogP) is 6.31. The van der Waals surface area contributed by atoms with Gasteiger partial charge in [-0.05, 0) is 44.9 Å². The first-order valence-electron chi connectivity index (χ1n) is 14.5. The fourth-order valence-electron chi connectivity index (χ4n) is 3.43. The number of hydrogen-bond acceptors (Lipinski definition) is 7. The second kappa shape index (κ2) is 26.5. The van der Waals surface area contributed by atoms with Crippen LogP contribution in [0.4, 0.5) is 0 Å². The molecule has 3 N–H and O–H groups in total. The molecule has 1 amide bonds. The highest BCUT2D eigenvalue weighted by atomic mass is 31.2.